The van der Waals surface area contributed by atoms with Crippen LogP contribution in [0.15, 0.2) is 158 Å². The minimum absolute atomic E-state index is 0.0683. The molecule has 17 nitrogen and oxygen atoms in total. The van der Waals surface area contributed by atoms with Crippen molar-refractivity contribution in [3.63, 3.8) is 0 Å². The Morgan fingerprint density at radius 3 is 0.755 bits per heavy atom. The van der Waals surface area contributed by atoms with Crippen molar-refractivity contribution in [3.8, 4) is 0 Å². The molecule has 0 aromatic heterocycles. The zero-order valence-electron chi connectivity index (χ0n) is 66.1. The number of phosphoric ester groups is 2. The Balaban J connectivity index is 5.44. The minimum atomic E-state index is -5.00. The molecule has 0 aliphatic rings. The first-order valence-electron chi connectivity index (χ1n) is 40.7. The summed E-state index contributed by atoms with van der Waals surface area (Å²) < 4.78 is 68.7. The van der Waals surface area contributed by atoms with Gasteiger partial charge in [0.2, 0.25) is 0 Å². The van der Waals surface area contributed by atoms with Crippen LogP contribution in [0.3, 0.4) is 0 Å². The first-order valence-corrected chi connectivity index (χ1v) is 43.7. The van der Waals surface area contributed by atoms with Crippen molar-refractivity contribution in [2.75, 3.05) is 39.6 Å². The number of allylic oxidation sites excluding steroid dienone is 26. The Hall–Kier alpha value is -5.32. The fourth-order valence-corrected chi connectivity index (χ4v) is 11.9. The predicted molar refractivity (Wildman–Crippen MR) is 436 cm³/mol. The molecule has 106 heavy (non-hydrogen) atoms. The van der Waals surface area contributed by atoms with E-state index >= 15 is 0 Å². The molecule has 0 rings (SSSR count). The minimum Gasteiger partial charge on any atom is -0.462 e. The predicted octanol–water partition coefficient (Wildman–Crippen LogP) is 24.0. The topological polar surface area (TPSA) is 237 Å². The van der Waals surface area contributed by atoms with Gasteiger partial charge in [-0.2, -0.15) is 0 Å². The number of aliphatic hydroxyl groups is 1. The summed E-state index contributed by atoms with van der Waals surface area (Å²) >= 11 is 0. The first kappa shape index (κ1) is 101. The smallest absolute Gasteiger partial charge is 0.462 e. The quantitative estimate of drug-likeness (QED) is 0.0169. The molecule has 0 aliphatic heterocycles. The molecule has 0 radical (unpaired) electrons. The Kier molecular flexibility index (Phi) is 73.9. The number of aliphatic hydroxyl groups excluding tert-OH is 1. The Morgan fingerprint density at radius 2 is 0.491 bits per heavy atom. The van der Waals surface area contributed by atoms with Crippen LogP contribution in [-0.4, -0.2) is 96.7 Å². The van der Waals surface area contributed by atoms with Gasteiger partial charge < -0.3 is 33.8 Å². The lowest BCUT2D eigenvalue weighted by Crippen LogP contribution is -2.30. The van der Waals surface area contributed by atoms with Gasteiger partial charge in [-0.15, -0.1) is 0 Å². The van der Waals surface area contributed by atoms with Gasteiger partial charge in [-0.25, -0.2) is 9.13 Å². The summed E-state index contributed by atoms with van der Waals surface area (Å²) in [5, 5.41) is 10.7. The molecule has 0 aromatic carbocycles. The maximum absolute atomic E-state index is 13.1. The second-order valence-electron chi connectivity index (χ2n) is 26.6. The van der Waals surface area contributed by atoms with E-state index in [2.05, 4.69) is 186 Å². The van der Waals surface area contributed by atoms with Crippen molar-refractivity contribution in [2.45, 2.75) is 329 Å². The van der Waals surface area contributed by atoms with Crippen LogP contribution in [0.5, 0.6) is 0 Å². The third kappa shape index (κ3) is 76.9. The summed E-state index contributed by atoms with van der Waals surface area (Å²) in [7, 11) is -9.99. The van der Waals surface area contributed by atoms with E-state index in [1.54, 1.807) is 0 Å². The lowest BCUT2D eigenvalue weighted by Gasteiger charge is -2.21. The number of phosphoric acid groups is 2. The summed E-state index contributed by atoms with van der Waals surface area (Å²) in [5.41, 5.74) is 0. The van der Waals surface area contributed by atoms with Gasteiger partial charge in [0.1, 0.15) is 19.3 Å². The van der Waals surface area contributed by atoms with Crippen LogP contribution >= 0.6 is 15.6 Å². The van der Waals surface area contributed by atoms with E-state index in [0.717, 1.165) is 212 Å². The number of carbonyl (C=O) groups excluding carboxylic acids is 4. The number of rotatable bonds is 75. The van der Waals surface area contributed by atoms with Crippen LogP contribution in [0.25, 0.3) is 0 Å². The molecule has 3 N–H and O–H groups in total. The van der Waals surface area contributed by atoms with Crippen LogP contribution in [0, 0.1) is 0 Å². The average Bonchev–Trinajstić information content (AvgIpc) is 0.901. The third-order valence-corrected chi connectivity index (χ3v) is 18.4. The van der Waals surface area contributed by atoms with Crippen molar-refractivity contribution < 1.29 is 80.2 Å². The normalized spacial score (nSPS) is 14.7. The fraction of sp³-hybridized carbons (Fsp3) is 0.655. The largest absolute Gasteiger partial charge is 0.472 e. The van der Waals surface area contributed by atoms with Crippen LogP contribution < -0.4 is 0 Å². The highest BCUT2D eigenvalue weighted by molar-refractivity contribution is 7.47. The molecular formula is C87H144O17P2. The van der Waals surface area contributed by atoms with Crippen molar-refractivity contribution in [2.24, 2.45) is 0 Å². The van der Waals surface area contributed by atoms with Gasteiger partial charge >= 0.3 is 39.5 Å². The van der Waals surface area contributed by atoms with E-state index in [0.29, 0.717) is 25.7 Å². The standard InChI is InChI=1S/C87H144O17P2/c1-5-9-13-17-21-25-29-33-37-40-44-47-51-55-59-63-67-71-84(89)97-77-82(103-86(91)73-69-65-61-57-53-49-43-36-32-28-24-20-16-12-8-4)79-101-105(93,94)99-75-81(88)76-100-106(95,96)102-80-83(104-87(92)74-70-66-62-58-54-50-46-42-39-35-31-27-23-19-15-11-7-3)78-98-85(90)72-68-64-60-56-52-48-45-41-38-34-30-26-22-18-14-10-6-2/h9-11,13-15,21-28,33-39,43-45,47-48,81-83,88H,5-8,12,16-20,29-32,40-42,46,49-80H2,1-4H3,(H,93,94)(H,95,96)/b13-9-,14-10-,15-11-,25-21-,26-22-,27-23-,28-24-,37-33-,38-34-,39-35-,43-36-,47-44-,48-45-. The molecule has 0 heterocycles. The van der Waals surface area contributed by atoms with Gasteiger partial charge in [0.05, 0.1) is 26.4 Å². The number of hydrogen-bond donors (Lipinski definition) is 3. The molecular weight excluding hydrogens is 1380 g/mol. The van der Waals surface area contributed by atoms with Crippen molar-refractivity contribution in [1.82, 2.24) is 0 Å². The summed E-state index contributed by atoms with van der Waals surface area (Å²) in [5.74, 6) is -2.26. The number of ether oxygens (including phenoxy) is 4. The highest BCUT2D eigenvalue weighted by Gasteiger charge is 2.30. The van der Waals surface area contributed by atoms with Crippen molar-refractivity contribution in [1.29, 1.82) is 0 Å². The molecule has 5 atom stereocenters. The maximum atomic E-state index is 13.1. The van der Waals surface area contributed by atoms with E-state index in [1.807, 2.05) is 0 Å². The van der Waals surface area contributed by atoms with Gasteiger partial charge in [-0.05, 0) is 167 Å². The van der Waals surface area contributed by atoms with Crippen LogP contribution in [0.2, 0.25) is 0 Å². The maximum Gasteiger partial charge on any atom is 0.472 e. The summed E-state index contributed by atoms with van der Waals surface area (Å²) in [6.45, 7) is 4.44. The molecule has 0 aromatic rings. The highest BCUT2D eigenvalue weighted by Crippen LogP contribution is 2.45. The Morgan fingerprint density at radius 1 is 0.274 bits per heavy atom. The van der Waals surface area contributed by atoms with Crippen molar-refractivity contribution in [3.05, 3.63) is 158 Å². The average molecular weight is 1520 g/mol. The number of carbonyl (C=O) groups is 4. The number of unbranched alkanes of at least 4 members (excludes halogenated alkanes) is 23. The number of hydrogen-bond acceptors (Lipinski definition) is 15. The van der Waals surface area contributed by atoms with Gasteiger partial charge in [0, 0.05) is 25.7 Å². The molecule has 0 aliphatic carbocycles. The van der Waals surface area contributed by atoms with Gasteiger partial charge in [0.15, 0.2) is 12.2 Å². The zero-order valence-corrected chi connectivity index (χ0v) is 67.8. The van der Waals surface area contributed by atoms with Crippen LogP contribution in [-0.2, 0) is 65.4 Å². The Bertz CT molecular complexity index is 2630. The summed E-state index contributed by atoms with van der Waals surface area (Å²) in [4.78, 5) is 73.1. The molecule has 0 saturated carbocycles. The molecule has 5 unspecified atom stereocenters. The lowest BCUT2D eigenvalue weighted by molar-refractivity contribution is -0.161. The molecule has 19 heteroatoms. The fourth-order valence-electron chi connectivity index (χ4n) is 10.4. The monoisotopic (exact) mass is 1520 g/mol. The van der Waals surface area contributed by atoms with Crippen molar-refractivity contribution >= 4 is 39.5 Å². The summed E-state index contributed by atoms with van der Waals surface area (Å²) in [6.07, 6.45) is 90.6. The van der Waals surface area contributed by atoms with Gasteiger partial charge in [0.25, 0.3) is 0 Å². The summed E-state index contributed by atoms with van der Waals surface area (Å²) in [6, 6.07) is 0. The van der Waals surface area contributed by atoms with E-state index < -0.39 is 97.5 Å². The third-order valence-electron chi connectivity index (χ3n) is 16.5. The molecule has 0 fully saturated rings. The molecule has 604 valence electrons. The van der Waals surface area contributed by atoms with Gasteiger partial charge in [-0.3, -0.25) is 37.3 Å². The van der Waals surface area contributed by atoms with E-state index in [1.165, 1.54) is 19.3 Å². The Labute approximate surface area is 642 Å². The van der Waals surface area contributed by atoms with Crippen LogP contribution in [0.4, 0.5) is 0 Å². The molecule has 0 spiro atoms. The second kappa shape index (κ2) is 77.8. The van der Waals surface area contributed by atoms with E-state index in [9.17, 15) is 43.2 Å². The van der Waals surface area contributed by atoms with E-state index in [4.69, 9.17) is 37.0 Å². The highest BCUT2D eigenvalue weighted by atomic mass is 31.2. The second-order valence-corrected chi connectivity index (χ2v) is 29.5. The van der Waals surface area contributed by atoms with E-state index in [-0.39, 0.29) is 25.7 Å². The molecule has 0 saturated heterocycles. The lowest BCUT2D eigenvalue weighted by atomic mass is 10.1. The van der Waals surface area contributed by atoms with Crippen LogP contribution in [0.1, 0.15) is 310 Å². The molecule has 0 amide bonds. The number of esters is 4. The zero-order chi connectivity index (χ0) is 77.4. The van der Waals surface area contributed by atoms with Gasteiger partial charge in [-0.1, -0.05) is 276 Å². The first-order chi connectivity index (χ1) is 51.7. The SMILES string of the molecule is CC/C=C\C/C=C\C/C=C\C/C=C\CCCCCCC(=O)OCC(COP(=O)(O)OCC(O)COP(=O)(O)OCC(COC(=O)CCCCCC/C=C\C/C=C\C/C=C\C/C=C\CC)OC(=O)CCCCCCCCC/C=C\C/C=C\C/C=C\CC)OC(=O)CCCCCCC/C=C\C/C=C\CCCCC. The molecule has 0 bridgehead atoms.